The van der Waals surface area contributed by atoms with Crippen LogP contribution in [0.5, 0.6) is 5.75 Å². The number of methoxy groups -OCH3 is 1. The molecule has 7 nitrogen and oxygen atoms in total. The highest BCUT2D eigenvalue weighted by Gasteiger charge is 2.13. The van der Waals surface area contributed by atoms with Crippen LogP contribution in [0.15, 0.2) is 29.4 Å². The van der Waals surface area contributed by atoms with E-state index < -0.39 is 6.10 Å². The fourth-order valence-corrected chi connectivity index (χ4v) is 2.64. The molecular weight excluding hydrogens is 316 g/mol. The minimum atomic E-state index is -0.478. The van der Waals surface area contributed by atoms with Gasteiger partial charge in [-0.25, -0.2) is 0 Å². The fraction of sp³-hybridized carbons (Fsp3) is 0.400. The minimum absolute atomic E-state index is 0.125. The Bertz CT molecular complexity index is 655. The molecule has 0 aliphatic rings. The van der Waals surface area contributed by atoms with Crippen molar-refractivity contribution in [2.75, 3.05) is 18.2 Å². The van der Waals surface area contributed by atoms with Crippen molar-refractivity contribution in [2.45, 2.75) is 24.6 Å². The third-order valence-electron chi connectivity index (χ3n) is 3.11. The molecule has 0 spiro atoms. The molecule has 23 heavy (non-hydrogen) atoms. The van der Waals surface area contributed by atoms with E-state index in [-0.39, 0.29) is 11.7 Å². The number of nitrogens with one attached hydrogen (secondary N) is 1. The zero-order valence-corrected chi connectivity index (χ0v) is 14.1. The average molecular weight is 336 g/mol. The van der Waals surface area contributed by atoms with Crippen LogP contribution in [-0.2, 0) is 18.3 Å². The zero-order chi connectivity index (χ0) is 16.8. The second kappa shape index (κ2) is 7.98. The van der Waals surface area contributed by atoms with E-state index >= 15 is 0 Å². The lowest BCUT2D eigenvalue weighted by molar-refractivity contribution is -0.113. The van der Waals surface area contributed by atoms with Crippen LogP contribution in [0, 0.1) is 0 Å². The summed E-state index contributed by atoms with van der Waals surface area (Å²) in [6.07, 6.45) is -0.0450. The predicted octanol–water partition coefficient (Wildman–Crippen LogP) is 1.48. The Morgan fingerprint density at radius 2 is 2.09 bits per heavy atom. The maximum Gasteiger partial charge on any atom is 0.234 e. The molecule has 2 N–H and O–H groups in total. The van der Waals surface area contributed by atoms with Gasteiger partial charge in [-0.2, -0.15) is 0 Å². The molecule has 0 aliphatic carbocycles. The fourth-order valence-electron chi connectivity index (χ4n) is 1.91. The predicted molar refractivity (Wildman–Crippen MR) is 88.7 cm³/mol. The molecule has 1 amide bonds. The van der Waals surface area contributed by atoms with Crippen LogP contribution >= 0.6 is 11.8 Å². The van der Waals surface area contributed by atoms with Gasteiger partial charge in [0, 0.05) is 19.2 Å². The molecule has 8 heteroatoms. The van der Waals surface area contributed by atoms with E-state index in [0.29, 0.717) is 23.1 Å². The number of anilines is 1. The molecule has 1 heterocycles. The molecule has 1 unspecified atom stereocenters. The van der Waals surface area contributed by atoms with Crippen molar-refractivity contribution >= 4 is 23.4 Å². The van der Waals surface area contributed by atoms with Crippen molar-refractivity contribution in [3.8, 4) is 5.75 Å². The number of aromatic nitrogens is 3. The van der Waals surface area contributed by atoms with E-state index in [1.165, 1.54) is 11.8 Å². The Labute approximate surface area is 139 Å². The molecule has 0 saturated heterocycles. The molecule has 0 bridgehead atoms. The van der Waals surface area contributed by atoms with Gasteiger partial charge in [-0.15, -0.1) is 10.2 Å². The molecule has 1 atom stereocenters. The summed E-state index contributed by atoms with van der Waals surface area (Å²) in [5.41, 5.74) is 0.712. The number of nitrogens with zero attached hydrogens (tertiary/aromatic N) is 3. The highest BCUT2D eigenvalue weighted by atomic mass is 32.2. The van der Waals surface area contributed by atoms with Gasteiger partial charge in [-0.3, -0.25) is 4.79 Å². The average Bonchev–Trinajstić information content (AvgIpc) is 2.86. The lowest BCUT2D eigenvalue weighted by atomic mass is 10.3. The van der Waals surface area contributed by atoms with Crippen LogP contribution in [0.4, 0.5) is 5.69 Å². The number of aliphatic hydroxyl groups is 1. The van der Waals surface area contributed by atoms with Gasteiger partial charge in [0.25, 0.3) is 0 Å². The second-order valence-electron chi connectivity index (χ2n) is 5.08. The highest BCUT2D eigenvalue weighted by molar-refractivity contribution is 7.99. The summed E-state index contributed by atoms with van der Waals surface area (Å²) < 4.78 is 6.86. The number of hydrogen-bond donors (Lipinski definition) is 2. The first kappa shape index (κ1) is 17.3. The van der Waals surface area contributed by atoms with Crippen LogP contribution in [0.25, 0.3) is 0 Å². The van der Waals surface area contributed by atoms with Crippen molar-refractivity contribution < 1.29 is 14.6 Å². The number of hydrogen-bond acceptors (Lipinski definition) is 6. The topological polar surface area (TPSA) is 89.3 Å². The second-order valence-corrected chi connectivity index (χ2v) is 6.02. The molecule has 0 fully saturated rings. The molecule has 1 aromatic carbocycles. The first-order valence-electron chi connectivity index (χ1n) is 7.12. The van der Waals surface area contributed by atoms with E-state index in [2.05, 4.69) is 15.5 Å². The maximum atomic E-state index is 12.0. The molecule has 2 aromatic rings. The Kier molecular flexibility index (Phi) is 6.00. The van der Waals surface area contributed by atoms with Crippen LogP contribution in [-0.4, -0.2) is 44.7 Å². The lowest BCUT2D eigenvalue weighted by Crippen LogP contribution is -2.14. The van der Waals surface area contributed by atoms with Crippen LogP contribution in [0.2, 0.25) is 0 Å². The van der Waals surface area contributed by atoms with Crippen molar-refractivity contribution in [2.24, 2.45) is 7.05 Å². The Balaban J connectivity index is 1.87. The van der Waals surface area contributed by atoms with E-state index in [9.17, 15) is 9.90 Å². The number of ether oxygens (including phenoxy) is 1. The van der Waals surface area contributed by atoms with E-state index in [0.717, 1.165) is 5.75 Å². The largest absolute Gasteiger partial charge is 0.497 e. The first-order valence-corrected chi connectivity index (χ1v) is 8.11. The molecule has 0 aliphatic heterocycles. The minimum Gasteiger partial charge on any atom is -0.497 e. The number of rotatable bonds is 7. The number of benzene rings is 1. The molecular formula is C15H20N4O3S. The summed E-state index contributed by atoms with van der Waals surface area (Å²) in [6.45, 7) is 1.70. The van der Waals surface area contributed by atoms with E-state index in [1.807, 2.05) is 7.05 Å². The van der Waals surface area contributed by atoms with Crippen molar-refractivity contribution in [1.29, 1.82) is 0 Å². The molecule has 2 rings (SSSR count). The third-order valence-corrected chi connectivity index (χ3v) is 4.13. The summed E-state index contributed by atoms with van der Waals surface area (Å²) in [5.74, 6) is 1.53. The first-order chi connectivity index (χ1) is 11.0. The Hall–Kier alpha value is -2.06. The van der Waals surface area contributed by atoms with Gasteiger partial charge in [0.15, 0.2) is 5.16 Å². The summed E-state index contributed by atoms with van der Waals surface area (Å²) >= 11 is 1.30. The van der Waals surface area contributed by atoms with Crippen LogP contribution in [0.3, 0.4) is 0 Å². The molecule has 0 radical (unpaired) electrons. The normalized spacial score (nSPS) is 12.0. The summed E-state index contributed by atoms with van der Waals surface area (Å²) in [7, 11) is 3.42. The number of amides is 1. The highest BCUT2D eigenvalue weighted by Crippen LogP contribution is 2.18. The van der Waals surface area contributed by atoms with Gasteiger partial charge < -0.3 is 19.7 Å². The molecule has 1 aromatic heterocycles. The van der Waals surface area contributed by atoms with Crippen molar-refractivity contribution in [3.05, 3.63) is 30.1 Å². The Morgan fingerprint density at radius 1 is 1.39 bits per heavy atom. The number of carbonyl (C=O) groups is 1. The molecule has 124 valence electrons. The van der Waals surface area contributed by atoms with Gasteiger partial charge in [-0.1, -0.05) is 11.8 Å². The standard InChI is InChI=1S/C15H20N4O3S/c1-10(20)8-13-17-18-15(19(13)2)23-9-14(21)16-11-4-6-12(22-3)7-5-11/h4-7,10,20H,8-9H2,1-3H3,(H,16,21). The van der Waals surface area contributed by atoms with Gasteiger partial charge in [0.1, 0.15) is 11.6 Å². The van der Waals surface area contributed by atoms with E-state index in [4.69, 9.17) is 4.74 Å². The van der Waals surface area contributed by atoms with Crippen molar-refractivity contribution in [3.63, 3.8) is 0 Å². The van der Waals surface area contributed by atoms with Crippen molar-refractivity contribution in [1.82, 2.24) is 14.8 Å². The maximum absolute atomic E-state index is 12.0. The molecule has 0 saturated carbocycles. The Morgan fingerprint density at radius 3 is 2.70 bits per heavy atom. The summed E-state index contributed by atoms with van der Waals surface area (Å²) in [6, 6.07) is 7.14. The smallest absolute Gasteiger partial charge is 0.234 e. The number of carbonyl (C=O) groups excluding carboxylic acids is 1. The third kappa shape index (κ3) is 4.97. The van der Waals surface area contributed by atoms with Gasteiger partial charge in [0.05, 0.1) is 19.0 Å². The van der Waals surface area contributed by atoms with E-state index in [1.54, 1.807) is 42.9 Å². The summed E-state index contributed by atoms with van der Waals surface area (Å²) in [5, 5.41) is 20.9. The zero-order valence-electron chi connectivity index (χ0n) is 13.3. The number of aliphatic hydroxyl groups excluding tert-OH is 1. The monoisotopic (exact) mass is 336 g/mol. The van der Waals surface area contributed by atoms with Gasteiger partial charge in [0.2, 0.25) is 5.91 Å². The SMILES string of the molecule is COc1ccc(NC(=O)CSc2nnc(CC(C)O)n2C)cc1. The van der Waals surface area contributed by atoms with Gasteiger partial charge in [-0.05, 0) is 31.2 Å². The lowest BCUT2D eigenvalue weighted by Gasteiger charge is -2.07. The quantitative estimate of drug-likeness (QED) is 0.745. The van der Waals surface area contributed by atoms with Crippen LogP contribution < -0.4 is 10.1 Å². The number of thioether (sulfide) groups is 1. The summed E-state index contributed by atoms with van der Waals surface area (Å²) in [4.78, 5) is 12.0. The van der Waals surface area contributed by atoms with Crippen LogP contribution in [0.1, 0.15) is 12.7 Å². The van der Waals surface area contributed by atoms with Gasteiger partial charge >= 0.3 is 0 Å².